The Balaban J connectivity index is 1.25. The van der Waals surface area contributed by atoms with Gasteiger partial charge in [-0.25, -0.2) is 9.97 Å². The van der Waals surface area contributed by atoms with Gasteiger partial charge in [0.25, 0.3) is 0 Å². The highest BCUT2D eigenvalue weighted by Gasteiger charge is 2.24. The Morgan fingerprint density at radius 1 is 0.939 bits per heavy atom. The summed E-state index contributed by atoms with van der Waals surface area (Å²) in [7, 11) is 0. The monoisotopic (exact) mass is 447 g/mol. The highest BCUT2D eigenvalue weighted by atomic mass is 16.6. The molecule has 33 heavy (non-hydrogen) atoms. The van der Waals surface area contributed by atoms with Crippen molar-refractivity contribution in [1.29, 1.82) is 0 Å². The van der Waals surface area contributed by atoms with E-state index in [1.165, 1.54) is 13.3 Å². The van der Waals surface area contributed by atoms with Crippen LogP contribution in [0, 0.1) is 0 Å². The lowest BCUT2D eigenvalue weighted by Gasteiger charge is -2.37. The van der Waals surface area contributed by atoms with Gasteiger partial charge < -0.3 is 29.9 Å². The summed E-state index contributed by atoms with van der Waals surface area (Å²) >= 11 is 0. The third-order valence-corrected chi connectivity index (χ3v) is 5.45. The minimum Gasteiger partial charge on any atom is -0.486 e. The highest BCUT2D eigenvalue weighted by molar-refractivity contribution is 5.89. The van der Waals surface area contributed by atoms with E-state index in [1.807, 2.05) is 36.4 Å². The van der Waals surface area contributed by atoms with Crippen molar-refractivity contribution < 1.29 is 14.3 Å². The van der Waals surface area contributed by atoms with E-state index in [0.29, 0.717) is 30.8 Å². The molecular weight excluding hydrogens is 422 g/mol. The van der Waals surface area contributed by atoms with Gasteiger partial charge >= 0.3 is 0 Å². The fraction of sp³-hybridized carbons (Fsp3) is 0.304. The van der Waals surface area contributed by atoms with Crippen LogP contribution >= 0.6 is 0 Å². The molecule has 10 heteroatoms. The van der Waals surface area contributed by atoms with Crippen molar-refractivity contribution in [3.8, 4) is 11.5 Å². The quantitative estimate of drug-likeness (QED) is 0.611. The normalized spacial score (nSPS) is 15.2. The molecule has 3 aromatic rings. The van der Waals surface area contributed by atoms with Gasteiger partial charge in [-0.1, -0.05) is 12.1 Å². The lowest BCUT2D eigenvalue weighted by atomic mass is 10.2. The largest absolute Gasteiger partial charge is 0.486 e. The maximum Gasteiger partial charge on any atom is 0.231 e. The number of piperazine rings is 1. The first-order valence-electron chi connectivity index (χ1n) is 10.9. The molecule has 2 aliphatic heterocycles. The number of carbonyl (C=O) groups is 1. The molecule has 0 aliphatic carbocycles. The van der Waals surface area contributed by atoms with Crippen LogP contribution in [0.5, 0.6) is 11.5 Å². The number of fused-ring (bicyclic) bond motifs is 1. The average molecular weight is 447 g/mol. The number of aromatic nitrogens is 3. The van der Waals surface area contributed by atoms with Gasteiger partial charge in [0.1, 0.15) is 19.5 Å². The van der Waals surface area contributed by atoms with Gasteiger partial charge in [0.05, 0.1) is 5.69 Å². The van der Waals surface area contributed by atoms with Crippen LogP contribution in [0.1, 0.15) is 6.92 Å². The predicted octanol–water partition coefficient (Wildman–Crippen LogP) is 2.67. The third kappa shape index (κ3) is 4.74. The van der Waals surface area contributed by atoms with Crippen LogP contribution in [0.4, 0.5) is 29.0 Å². The fourth-order valence-electron chi connectivity index (χ4n) is 3.96. The standard InChI is InChI=1S/C23H25N7O3/c1-16(31)26-17-4-2-5-18(14-17)27-22-24-15-25-23(28-22)30-10-8-29(9-11-30)19-6-3-7-20-21(19)33-13-12-32-20/h2-7,14-15H,8-13H2,1H3,(H,26,31)(H,24,25,27,28). The molecule has 0 saturated carbocycles. The number of anilines is 5. The zero-order chi connectivity index (χ0) is 22.6. The first-order chi connectivity index (χ1) is 16.2. The molecule has 5 rings (SSSR count). The second-order valence-corrected chi connectivity index (χ2v) is 7.77. The van der Waals surface area contributed by atoms with Gasteiger partial charge in [0.15, 0.2) is 11.5 Å². The van der Waals surface area contributed by atoms with Gasteiger partial charge in [-0.05, 0) is 30.3 Å². The van der Waals surface area contributed by atoms with Crippen LogP contribution in [0.15, 0.2) is 48.8 Å². The molecule has 10 nitrogen and oxygen atoms in total. The van der Waals surface area contributed by atoms with Crippen LogP contribution < -0.4 is 29.9 Å². The minimum absolute atomic E-state index is 0.121. The number of para-hydroxylation sites is 1. The number of rotatable bonds is 5. The summed E-state index contributed by atoms with van der Waals surface area (Å²) in [5.41, 5.74) is 2.54. The Kier molecular flexibility index (Phi) is 5.79. The van der Waals surface area contributed by atoms with Crippen molar-refractivity contribution in [3.63, 3.8) is 0 Å². The predicted molar refractivity (Wildman–Crippen MR) is 126 cm³/mol. The van der Waals surface area contributed by atoms with Gasteiger partial charge in [-0.2, -0.15) is 4.98 Å². The third-order valence-electron chi connectivity index (χ3n) is 5.45. The Morgan fingerprint density at radius 2 is 1.70 bits per heavy atom. The van der Waals surface area contributed by atoms with E-state index in [4.69, 9.17) is 9.47 Å². The van der Waals surface area contributed by atoms with Gasteiger partial charge in [-0.3, -0.25) is 4.79 Å². The Morgan fingerprint density at radius 3 is 2.55 bits per heavy atom. The molecule has 2 N–H and O–H groups in total. The average Bonchev–Trinajstić information content (AvgIpc) is 2.84. The van der Waals surface area contributed by atoms with E-state index in [2.05, 4.69) is 41.5 Å². The summed E-state index contributed by atoms with van der Waals surface area (Å²) in [5, 5.41) is 5.95. The van der Waals surface area contributed by atoms with Crippen molar-refractivity contribution >= 4 is 34.9 Å². The fourth-order valence-corrected chi connectivity index (χ4v) is 3.96. The number of carbonyl (C=O) groups excluding carboxylic acids is 1. The molecule has 1 saturated heterocycles. The maximum atomic E-state index is 11.3. The SMILES string of the molecule is CC(=O)Nc1cccc(Nc2ncnc(N3CCN(c4cccc5c4OCCO5)CC3)n2)c1. The maximum absolute atomic E-state index is 11.3. The van der Waals surface area contributed by atoms with E-state index >= 15 is 0 Å². The molecule has 170 valence electrons. The van der Waals surface area contributed by atoms with E-state index in [9.17, 15) is 4.79 Å². The van der Waals surface area contributed by atoms with Crippen LogP contribution in [0.3, 0.4) is 0 Å². The van der Waals surface area contributed by atoms with E-state index < -0.39 is 0 Å². The van der Waals surface area contributed by atoms with Crippen molar-refractivity contribution in [2.75, 3.05) is 59.8 Å². The molecule has 0 radical (unpaired) electrons. The van der Waals surface area contributed by atoms with Crippen LogP contribution in [-0.4, -0.2) is 60.3 Å². The summed E-state index contributed by atoms with van der Waals surface area (Å²) < 4.78 is 11.6. The van der Waals surface area contributed by atoms with Crippen molar-refractivity contribution in [2.45, 2.75) is 6.92 Å². The van der Waals surface area contributed by atoms with Crippen molar-refractivity contribution in [3.05, 3.63) is 48.8 Å². The van der Waals surface area contributed by atoms with Crippen molar-refractivity contribution in [2.24, 2.45) is 0 Å². The number of nitrogens with one attached hydrogen (secondary N) is 2. The summed E-state index contributed by atoms with van der Waals surface area (Å²) in [5.74, 6) is 2.58. The molecule has 0 bridgehead atoms. The molecule has 2 aliphatic rings. The molecular formula is C23H25N7O3. The van der Waals surface area contributed by atoms with E-state index in [0.717, 1.165) is 49.1 Å². The topological polar surface area (TPSA) is 105 Å². The molecule has 1 aromatic heterocycles. The zero-order valence-corrected chi connectivity index (χ0v) is 18.3. The van der Waals surface area contributed by atoms with Crippen molar-refractivity contribution in [1.82, 2.24) is 15.0 Å². The van der Waals surface area contributed by atoms with Gasteiger partial charge in [-0.15, -0.1) is 0 Å². The lowest BCUT2D eigenvalue weighted by Crippen LogP contribution is -2.47. The highest BCUT2D eigenvalue weighted by Crippen LogP contribution is 2.39. The summed E-state index contributed by atoms with van der Waals surface area (Å²) in [6, 6.07) is 13.4. The number of amides is 1. The Labute approximate surface area is 191 Å². The molecule has 1 fully saturated rings. The Bertz CT molecular complexity index is 1150. The minimum atomic E-state index is -0.121. The van der Waals surface area contributed by atoms with Crippen LogP contribution in [-0.2, 0) is 4.79 Å². The first kappa shape index (κ1) is 20.8. The van der Waals surface area contributed by atoms with E-state index in [-0.39, 0.29) is 5.91 Å². The lowest BCUT2D eigenvalue weighted by molar-refractivity contribution is -0.114. The first-order valence-corrected chi connectivity index (χ1v) is 10.9. The number of hydrogen-bond acceptors (Lipinski definition) is 9. The molecule has 1 amide bonds. The molecule has 2 aromatic carbocycles. The summed E-state index contributed by atoms with van der Waals surface area (Å²) in [6.45, 7) is 5.79. The molecule has 0 spiro atoms. The van der Waals surface area contributed by atoms with Gasteiger partial charge in [0, 0.05) is 44.5 Å². The summed E-state index contributed by atoms with van der Waals surface area (Å²) in [4.78, 5) is 29.0. The second kappa shape index (κ2) is 9.19. The van der Waals surface area contributed by atoms with Crippen LogP contribution in [0.25, 0.3) is 0 Å². The number of ether oxygens (including phenoxy) is 2. The molecule has 0 atom stereocenters. The number of nitrogens with zero attached hydrogens (tertiary/aromatic N) is 5. The smallest absolute Gasteiger partial charge is 0.231 e. The zero-order valence-electron chi connectivity index (χ0n) is 18.3. The molecule has 3 heterocycles. The number of benzene rings is 2. The van der Waals surface area contributed by atoms with Crippen LogP contribution in [0.2, 0.25) is 0 Å². The second-order valence-electron chi connectivity index (χ2n) is 7.77. The van der Waals surface area contributed by atoms with E-state index in [1.54, 1.807) is 0 Å². The molecule has 0 unspecified atom stereocenters. The number of hydrogen-bond donors (Lipinski definition) is 2. The summed E-state index contributed by atoms with van der Waals surface area (Å²) in [6.07, 6.45) is 1.51. The Hall–Kier alpha value is -4.08. The van der Waals surface area contributed by atoms with Gasteiger partial charge in [0.2, 0.25) is 17.8 Å².